The molecule has 0 radical (unpaired) electrons. The lowest BCUT2D eigenvalue weighted by molar-refractivity contribution is -0.124. The molecule has 1 fully saturated rings. The molecule has 0 aliphatic carbocycles. The Bertz CT molecular complexity index is 896. The van der Waals surface area contributed by atoms with Crippen molar-refractivity contribution < 1.29 is 18.7 Å². The van der Waals surface area contributed by atoms with Crippen molar-refractivity contribution in [2.24, 2.45) is 0 Å². The van der Waals surface area contributed by atoms with Gasteiger partial charge in [0.1, 0.15) is 23.1 Å². The van der Waals surface area contributed by atoms with Gasteiger partial charge in [-0.2, -0.15) is 0 Å². The fourth-order valence-corrected chi connectivity index (χ4v) is 3.52. The minimum absolute atomic E-state index is 0.135. The van der Waals surface area contributed by atoms with Crippen molar-refractivity contribution in [2.75, 3.05) is 18.5 Å². The highest BCUT2D eigenvalue weighted by molar-refractivity contribution is 7.14. The van der Waals surface area contributed by atoms with Gasteiger partial charge in [-0.3, -0.25) is 10.1 Å². The molecule has 1 saturated heterocycles. The first-order valence-electron chi connectivity index (χ1n) is 8.27. The van der Waals surface area contributed by atoms with Crippen LogP contribution in [0.1, 0.15) is 19.8 Å². The molecule has 25 heavy (non-hydrogen) atoms. The Morgan fingerprint density at radius 2 is 2.36 bits per heavy atom. The van der Waals surface area contributed by atoms with Crippen LogP contribution >= 0.6 is 11.3 Å². The van der Waals surface area contributed by atoms with E-state index in [0.717, 1.165) is 29.6 Å². The molecule has 3 aromatic rings. The number of furan rings is 1. The summed E-state index contributed by atoms with van der Waals surface area (Å²) in [4.78, 5) is 16.5. The summed E-state index contributed by atoms with van der Waals surface area (Å²) >= 11 is 1.37. The van der Waals surface area contributed by atoms with Crippen LogP contribution < -0.4 is 10.1 Å². The second-order valence-corrected chi connectivity index (χ2v) is 6.63. The zero-order chi connectivity index (χ0) is 17.2. The fourth-order valence-electron chi connectivity index (χ4n) is 2.82. The number of amides is 1. The second kappa shape index (κ2) is 6.85. The standard InChI is InChI=1S/C18H18N2O4S/c1-2-22-12-5-6-14-11(8-12)9-16(24-14)13-10-25-18(19-13)20-17(21)15-4-3-7-23-15/h5-6,8-10,15H,2-4,7H2,1H3,(H,19,20,21). The van der Waals surface area contributed by atoms with Crippen molar-refractivity contribution in [3.8, 4) is 17.2 Å². The summed E-state index contributed by atoms with van der Waals surface area (Å²) in [6, 6.07) is 7.64. The van der Waals surface area contributed by atoms with E-state index in [2.05, 4.69) is 10.3 Å². The van der Waals surface area contributed by atoms with Gasteiger partial charge in [0.15, 0.2) is 10.9 Å². The molecule has 6 nitrogen and oxygen atoms in total. The third-order valence-electron chi connectivity index (χ3n) is 4.01. The van der Waals surface area contributed by atoms with Gasteiger partial charge in [-0.15, -0.1) is 11.3 Å². The average Bonchev–Trinajstić information content (AvgIpc) is 3.34. The van der Waals surface area contributed by atoms with Crippen LogP contribution in [0.2, 0.25) is 0 Å². The van der Waals surface area contributed by atoms with Gasteiger partial charge in [-0.1, -0.05) is 0 Å². The van der Waals surface area contributed by atoms with Crippen LogP contribution in [-0.2, 0) is 9.53 Å². The molecule has 1 aliphatic rings. The number of fused-ring (bicyclic) bond motifs is 1. The molecule has 0 saturated carbocycles. The zero-order valence-electron chi connectivity index (χ0n) is 13.8. The highest BCUT2D eigenvalue weighted by Gasteiger charge is 2.24. The number of nitrogens with one attached hydrogen (secondary N) is 1. The molecule has 1 amide bonds. The molecule has 1 atom stereocenters. The third-order valence-corrected chi connectivity index (χ3v) is 4.77. The molecule has 3 heterocycles. The number of ether oxygens (including phenoxy) is 2. The lowest BCUT2D eigenvalue weighted by Gasteiger charge is -2.07. The van der Waals surface area contributed by atoms with Crippen LogP contribution in [0.25, 0.3) is 22.4 Å². The summed E-state index contributed by atoms with van der Waals surface area (Å²) in [7, 11) is 0. The molecular weight excluding hydrogens is 340 g/mol. The predicted molar refractivity (Wildman–Crippen MR) is 96.1 cm³/mol. The monoisotopic (exact) mass is 358 g/mol. The minimum Gasteiger partial charge on any atom is -0.494 e. The van der Waals surface area contributed by atoms with E-state index >= 15 is 0 Å². The molecule has 2 aromatic heterocycles. The molecular formula is C18H18N2O4S. The molecule has 0 spiro atoms. The van der Waals surface area contributed by atoms with Crippen molar-refractivity contribution >= 4 is 33.3 Å². The van der Waals surface area contributed by atoms with Crippen molar-refractivity contribution in [1.29, 1.82) is 0 Å². The Labute approximate surface area is 148 Å². The minimum atomic E-state index is -0.365. The van der Waals surface area contributed by atoms with Gasteiger partial charge in [-0.25, -0.2) is 4.98 Å². The van der Waals surface area contributed by atoms with Crippen LogP contribution in [0.15, 0.2) is 34.1 Å². The average molecular weight is 358 g/mol. The largest absolute Gasteiger partial charge is 0.494 e. The maximum absolute atomic E-state index is 12.1. The first-order valence-corrected chi connectivity index (χ1v) is 9.15. The number of hydrogen-bond acceptors (Lipinski definition) is 6. The Balaban J connectivity index is 1.53. The van der Waals surface area contributed by atoms with Crippen LogP contribution in [0.5, 0.6) is 5.75 Å². The highest BCUT2D eigenvalue weighted by Crippen LogP contribution is 2.32. The molecule has 1 aliphatic heterocycles. The van der Waals surface area contributed by atoms with Crippen LogP contribution in [0.3, 0.4) is 0 Å². The molecule has 0 bridgehead atoms. The van der Waals surface area contributed by atoms with Gasteiger partial charge in [0.25, 0.3) is 5.91 Å². The Hall–Kier alpha value is -2.38. The highest BCUT2D eigenvalue weighted by atomic mass is 32.1. The number of aromatic nitrogens is 1. The van der Waals surface area contributed by atoms with E-state index in [0.29, 0.717) is 29.8 Å². The molecule has 4 rings (SSSR count). The smallest absolute Gasteiger partial charge is 0.255 e. The van der Waals surface area contributed by atoms with Crippen LogP contribution in [0.4, 0.5) is 5.13 Å². The van der Waals surface area contributed by atoms with Crippen molar-refractivity contribution in [3.63, 3.8) is 0 Å². The number of carbonyl (C=O) groups is 1. The summed E-state index contributed by atoms with van der Waals surface area (Å²) in [6.45, 7) is 3.21. The van der Waals surface area contributed by atoms with Crippen LogP contribution in [0, 0.1) is 0 Å². The predicted octanol–water partition coefficient (Wildman–Crippen LogP) is 4.07. The summed E-state index contributed by atoms with van der Waals surface area (Å²) in [5.41, 5.74) is 1.47. The lowest BCUT2D eigenvalue weighted by atomic mass is 10.2. The maximum Gasteiger partial charge on any atom is 0.255 e. The second-order valence-electron chi connectivity index (χ2n) is 5.77. The van der Waals surface area contributed by atoms with Gasteiger partial charge < -0.3 is 13.9 Å². The summed E-state index contributed by atoms with van der Waals surface area (Å²) in [6.07, 6.45) is 1.32. The van der Waals surface area contributed by atoms with Gasteiger partial charge in [-0.05, 0) is 44.0 Å². The van der Waals surface area contributed by atoms with E-state index in [1.807, 2.05) is 36.6 Å². The first kappa shape index (κ1) is 16.1. The summed E-state index contributed by atoms with van der Waals surface area (Å²) in [5.74, 6) is 1.34. The molecule has 1 aromatic carbocycles. The Morgan fingerprint density at radius 3 is 3.16 bits per heavy atom. The normalized spacial score (nSPS) is 17.1. The number of benzene rings is 1. The van der Waals surface area contributed by atoms with E-state index < -0.39 is 0 Å². The molecule has 130 valence electrons. The van der Waals surface area contributed by atoms with Crippen molar-refractivity contribution in [3.05, 3.63) is 29.6 Å². The van der Waals surface area contributed by atoms with Gasteiger partial charge in [0.2, 0.25) is 0 Å². The first-order chi connectivity index (χ1) is 12.2. The topological polar surface area (TPSA) is 73.6 Å². The van der Waals surface area contributed by atoms with Crippen molar-refractivity contribution in [2.45, 2.75) is 25.9 Å². The number of carbonyl (C=O) groups excluding carboxylic acids is 1. The third kappa shape index (κ3) is 3.38. The van der Waals surface area contributed by atoms with E-state index in [1.54, 1.807) is 0 Å². The number of anilines is 1. The van der Waals surface area contributed by atoms with E-state index in [4.69, 9.17) is 13.9 Å². The summed E-state index contributed by atoms with van der Waals surface area (Å²) < 4.78 is 16.8. The maximum atomic E-state index is 12.1. The van der Waals surface area contributed by atoms with E-state index in [1.165, 1.54) is 11.3 Å². The van der Waals surface area contributed by atoms with Gasteiger partial charge >= 0.3 is 0 Å². The van der Waals surface area contributed by atoms with Gasteiger partial charge in [0.05, 0.1) is 6.61 Å². The van der Waals surface area contributed by atoms with Gasteiger partial charge in [0, 0.05) is 17.4 Å². The van der Waals surface area contributed by atoms with E-state index in [-0.39, 0.29) is 12.0 Å². The SMILES string of the molecule is CCOc1ccc2oc(-c3csc(NC(=O)C4CCCO4)n3)cc2c1. The number of thiazole rings is 1. The van der Waals surface area contributed by atoms with E-state index in [9.17, 15) is 4.79 Å². The number of hydrogen-bond donors (Lipinski definition) is 1. The summed E-state index contributed by atoms with van der Waals surface area (Å²) in [5, 5.41) is 6.19. The zero-order valence-corrected chi connectivity index (χ0v) is 14.6. The molecule has 7 heteroatoms. The lowest BCUT2D eigenvalue weighted by Crippen LogP contribution is -2.26. The quantitative estimate of drug-likeness (QED) is 0.744. The Kier molecular flexibility index (Phi) is 4.42. The van der Waals surface area contributed by atoms with Crippen LogP contribution in [-0.4, -0.2) is 30.2 Å². The number of rotatable bonds is 5. The molecule has 1 unspecified atom stereocenters. The number of nitrogens with zero attached hydrogens (tertiary/aromatic N) is 1. The molecule has 1 N–H and O–H groups in total. The fraction of sp³-hybridized carbons (Fsp3) is 0.333. The Morgan fingerprint density at radius 1 is 1.44 bits per heavy atom. The van der Waals surface area contributed by atoms with Crippen molar-refractivity contribution in [1.82, 2.24) is 4.98 Å².